The summed E-state index contributed by atoms with van der Waals surface area (Å²) < 4.78 is 40.0. The molecule has 0 atom stereocenters. The van der Waals surface area contributed by atoms with E-state index in [9.17, 15) is 22.8 Å². The highest BCUT2D eigenvalue weighted by molar-refractivity contribution is 6.05. The van der Waals surface area contributed by atoms with Crippen LogP contribution in [0.2, 0.25) is 0 Å². The highest BCUT2D eigenvalue weighted by Crippen LogP contribution is 2.20. The average molecular weight is 379 g/mol. The van der Waals surface area contributed by atoms with E-state index in [-0.39, 0.29) is 17.0 Å². The summed E-state index contributed by atoms with van der Waals surface area (Å²) in [6.45, 7) is 5.05. The van der Waals surface area contributed by atoms with E-state index in [1.54, 1.807) is 4.90 Å². The number of aromatic nitrogens is 1. The van der Waals surface area contributed by atoms with Crippen molar-refractivity contribution in [1.82, 2.24) is 9.88 Å². The van der Waals surface area contributed by atoms with E-state index in [1.807, 2.05) is 13.8 Å². The van der Waals surface area contributed by atoms with Crippen molar-refractivity contribution in [2.24, 2.45) is 0 Å². The molecule has 1 aromatic heterocycles. The zero-order valence-corrected chi connectivity index (χ0v) is 15.1. The summed E-state index contributed by atoms with van der Waals surface area (Å²) in [5.41, 5.74) is -0.289. The first-order valence-corrected chi connectivity index (χ1v) is 8.58. The summed E-state index contributed by atoms with van der Waals surface area (Å²) in [5.74, 6) is -5.59. The Morgan fingerprint density at radius 1 is 1.00 bits per heavy atom. The van der Waals surface area contributed by atoms with Gasteiger partial charge in [0.1, 0.15) is 0 Å². The van der Waals surface area contributed by atoms with E-state index < -0.39 is 29.0 Å². The lowest BCUT2D eigenvalue weighted by Crippen LogP contribution is -2.32. The number of anilines is 1. The zero-order chi connectivity index (χ0) is 20.0. The van der Waals surface area contributed by atoms with Gasteiger partial charge in [0.2, 0.25) is 0 Å². The fourth-order valence-electron chi connectivity index (χ4n) is 2.54. The summed E-state index contributed by atoms with van der Waals surface area (Å²) >= 11 is 0. The maximum Gasteiger partial charge on any atom is 0.257 e. The van der Waals surface area contributed by atoms with Gasteiger partial charge in [-0.3, -0.25) is 14.6 Å². The Balaban J connectivity index is 2.22. The van der Waals surface area contributed by atoms with Crippen LogP contribution in [0.4, 0.5) is 18.9 Å². The predicted molar refractivity (Wildman–Crippen MR) is 95.0 cm³/mol. The number of hydrogen-bond donors (Lipinski definition) is 1. The molecule has 1 N–H and O–H groups in total. The summed E-state index contributed by atoms with van der Waals surface area (Å²) in [7, 11) is 0. The molecular weight excluding hydrogens is 359 g/mol. The van der Waals surface area contributed by atoms with Gasteiger partial charge in [-0.05, 0) is 31.0 Å². The standard InChI is InChI=1S/C19H20F3N3O2/c1-3-7-25(8-4-2)19(27)13-9-12(10-23-11-13)18(26)24-15-6-5-14(20)16(21)17(15)22/h5-6,9-11H,3-4,7-8H2,1-2H3,(H,24,26). The Morgan fingerprint density at radius 3 is 2.26 bits per heavy atom. The molecule has 1 heterocycles. The summed E-state index contributed by atoms with van der Waals surface area (Å²) in [5, 5.41) is 2.15. The third-order valence-electron chi connectivity index (χ3n) is 3.81. The fraction of sp³-hybridized carbons (Fsp3) is 0.316. The molecule has 0 aliphatic carbocycles. The van der Waals surface area contributed by atoms with Gasteiger partial charge < -0.3 is 10.2 Å². The molecule has 8 heteroatoms. The van der Waals surface area contributed by atoms with Crippen LogP contribution in [-0.2, 0) is 0 Å². The second kappa shape index (κ2) is 9.16. The third-order valence-corrected chi connectivity index (χ3v) is 3.81. The number of carbonyl (C=O) groups is 2. The van der Waals surface area contributed by atoms with Crippen LogP contribution >= 0.6 is 0 Å². The van der Waals surface area contributed by atoms with Crippen LogP contribution < -0.4 is 5.32 Å². The van der Waals surface area contributed by atoms with Crippen molar-refractivity contribution >= 4 is 17.5 Å². The highest BCUT2D eigenvalue weighted by atomic mass is 19.2. The maximum absolute atomic E-state index is 13.7. The summed E-state index contributed by atoms with van der Waals surface area (Å²) in [4.78, 5) is 30.4. The van der Waals surface area contributed by atoms with Crippen LogP contribution in [0.15, 0.2) is 30.6 Å². The number of benzene rings is 1. The van der Waals surface area contributed by atoms with Crippen molar-refractivity contribution in [3.05, 3.63) is 59.2 Å². The summed E-state index contributed by atoms with van der Waals surface area (Å²) in [6.07, 6.45) is 4.12. The largest absolute Gasteiger partial charge is 0.339 e. The molecule has 5 nitrogen and oxygen atoms in total. The zero-order valence-electron chi connectivity index (χ0n) is 15.1. The Hall–Kier alpha value is -2.90. The molecule has 2 amide bonds. The Morgan fingerprint density at radius 2 is 1.63 bits per heavy atom. The van der Waals surface area contributed by atoms with Crippen LogP contribution in [0, 0.1) is 17.5 Å². The molecule has 0 spiro atoms. The van der Waals surface area contributed by atoms with E-state index in [0.717, 1.165) is 18.9 Å². The molecule has 0 fully saturated rings. The van der Waals surface area contributed by atoms with Crippen molar-refractivity contribution in [3.63, 3.8) is 0 Å². The number of nitrogens with one attached hydrogen (secondary N) is 1. The molecule has 0 aliphatic heterocycles. The highest BCUT2D eigenvalue weighted by Gasteiger charge is 2.19. The minimum Gasteiger partial charge on any atom is -0.339 e. The average Bonchev–Trinajstić information content (AvgIpc) is 2.67. The number of rotatable bonds is 7. The molecule has 0 saturated carbocycles. The lowest BCUT2D eigenvalue weighted by atomic mass is 10.1. The molecule has 0 bridgehead atoms. The SMILES string of the molecule is CCCN(CCC)C(=O)c1cncc(C(=O)Nc2ccc(F)c(F)c2F)c1. The van der Waals surface area contributed by atoms with Gasteiger partial charge in [-0.2, -0.15) is 0 Å². The minimum absolute atomic E-state index is 0.00192. The normalized spacial score (nSPS) is 10.6. The van der Waals surface area contributed by atoms with Crippen LogP contribution in [-0.4, -0.2) is 34.8 Å². The van der Waals surface area contributed by atoms with Gasteiger partial charge >= 0.3 is 0 Å². The molecule has 0 unspecified atom stereocenters. The Labute approximate surface area is 155 Å². The maximum atomic E-state index is 13.7. The lowest BCUT2D eigenvalue weighted by molar-refractivity contribution is 0.0755. The van der Waals surface area contributed by atoms with Gasteiger partial charge in [0.05, 0.1) is 16.8 Å². The van der Waals surface area contributed by atoms with Crippen molar-refractivity contribution in [3.8, 4) is 0 Å². The van der Waals surface area contributed by atoms with E-state index in [0.29, 0.717) is 19.2 Å². The first-order valence-electron chi connectivity index (χ1n) is 8.58. The van der Waals surface area contributed by atoms with Crippen LogP contribution in [0.5, 0.6) is 0 Å². The fourth-order valence-corrected chi connectivity index (χ4v) is 2.54. The number of nitrogens with zero attached hydrogens (tertiary/aromatic N) is 2. The topological polar surface area (TPSA) is 62.3 Å². The Bertz CT molecular complexity index is 837. The smallest absolute Gasteiger partial charge is 0.257 e. The number of hydrogen-bond acceptors (Lipinski definition) is 3. The molecule has 27 heavy (non-hydrogen) atoms. The van der Waals surface area contributed by atoms with E-state index in [1.165, 1.54) is 18.5 Å². The number of pyridine rings is 1. The van der Waals surface area contributed by atoms with Gasteiger partial charge in [0.15, 0.2) is 17.5 Å². The van der Waals surface area contributed by atoms with Crippen molar-refractivity contribution < 1.29 is 22.8 Å². The Kier molecular flexibility index (Phi) is 6.92. The molecule has 144 valence electrons. The van der Waals surface area contributed by atoms with E-state index in [4.69, 9.17) is 0 Å². The quantitative estimate of drug-likeness (QED) is 0.740. The molecule has 1 aromatic carbocycles. The van der Waals surface area contributed by atoms with Gasteiger partial charge in [0.25, 0.3) is 11.8 Å². The monoisotopic (exact) mass is 379 g/mol. The lowest BCUT2D eigenvalue weighted by Gasteiger charge is -2.21. The van der Waals surface area contributed by atoms with E-state index >= 15 is 0 Å². The van der Waals surface area contributed by atoms with Crippen LogP contribution in [0.3, 0.4) is 0 Å². The number of amides is 2. The molecular formula is C19H20F3N3O2. The second-order valence-electron chi connectivity index (χ2n) is 5.93. The minimum atomic E-state index is -1.68. The van der Waals surface area contributed by atoms with Gasteiger partial charge in [-0.25, -0.2) is 13.2 Å². The second-order valence-corrected chi connectivity index (χ2v) is 5.93. The van der Waals surface area contributed by atoms with Crippen LogP contribution in [0.1, 0.15) is 47.4 Å². The predicted octanol–water partition coefficient (Wildman–Crippen LogP) is 4.01. The molecule has 0 saturated heterocycles. The molecule has 2 rings (SSSR count). The number of carbonyl (C=O) groups excluding carboxylic acids is 2. The van der Waals surface area contributed by atoms with Crippen LogP contribution in [0.25, 0.3) is 0 Å². The first-order chi connectivity index (χ1) is 12.9. The van der Waals surface area contributed by atoms with Gasteiger partial charge in [-0.1, -0.05) is 13.8 Å². The van der Waals surface area contributed by atoms with Gasteiger partial charge in [0, 0.05) is 25.5 Å². The molecule has 0 aliphatic rings. The van der Waals surface area contributed by atoms with Crippen molar-refractivity contribution in [1.29, 1.82) is 0 Å². The molecule has 2 aromatic rings. The molecule has 0 radical (unpaired) electrons. The first kappa shape index (κ1) is 20.4. The summed E-state index contributed by atoms with van der Waals surface area (Å²) in [6, 6.07) is 2.96. The third kappa shape index (κ3) is 4.84. The van der Waals surface area contributed by atoms with Crippen molar-refractivity contribution in [2.75, 3.05) is 18.4 Å². The van der Waals surface area contributed by atoms with Gasteiger partial charge in [-0.15, -0.1) is 0 Å². The van der Waals surface area contributed by atoms with E-state index in [2.05, 4.69) is 10.3 Å². The number of halogens is 3. The van der Waals surface area contributed by atoms with Crippen molar-refractivity contribution in [2.45, 2.75) is 26.7 Å².